The van der Waals surface area contributed by atoms with Gasteiger partial charge in [0.1, 0.15) is 0 Å². The van der Waals surface area contributed by atoms with Gasteiger partial charge in [0.25, 0.3) is 0 Å². The zero-order chi connectivity index (χ0) is 13.1. The van der Waals surface area contributed by atoms with Crippen LogP contribution in [0.2, 0.25) is 0 Å². The van der Waals surface area contributed by atoms with Crippen molar-refractivity contribution in [1.82, 2.24) is 15.5 Å². The maximum atomic E-state index is 11.6. The van der Waals surface area contributed by atoms with Gasteiger partial charge in [-0.1, -0.05) is 6.08 Å². The van der Waals surface area contributed by atoms with Crippen LogP contribution in [0.3, 0.4) is 0 Å². The fourth-order valence-electron chi connectivity index (χ4n) is 1.39. The molecule has 17 heavy (non-hydrogen) atoms. The third-order valence-electron chi connectivity index (χ3n) is 2.35. The number of nitrogens with one attached hydrogen (secondary N) is 2. The van der Waals surface area contributed by atoms with Gasteiger partial charge in [-0.3, -0.25) is 9.59 Å². The van der Waals surface area contributed by atoms with Crippen LogP contribution in [0.1, 0.15) is 20.3 Å². The van der Waals surface area contributed by atoms with Gasteiger partial charge in [0.15, 0.2) is 0 Å². The molecule has 0 heterocycles. The SMILES string of the molecule is C=CCNCC(=O)NCCC(=O)N(CC)CC. The summed E-state index contributed by atoms with van der Waals surface area (Å²) < 4.78 is 0. The monoisotopic (exact) mass is 241 g/mol. The maximum absolute atomic E-state index is 11.6. The van der Waals surface area contributed by atoms with Crippen molar-refractivity contribution < 1.29 is 9.59 Å². The molecule has 5 nitrogen and oxygen atoms in total. The minimum atomic E-state index is -0.0980. The molecule has 0 aromatic rings. The first-order valence-electron chi connectivity index (χ1n) is 6.01. The molecule has 2 amide bonds. The molecule has 2 N–H and O–H groups in total. The second kappa shape index (κ2) is 9.84. The Hall–Kier alpha value is -1.36. The molecule has 0 spiro atoms. The van der Waals surface area contributed by atoms with Crippen molar-refractivity contribution >= 4 is 11.8 Å². The van der Waals surface area contributed by atoms with E-state index in [9.17, 15) is 9.59 Å². The fourth-order valence-corrected chi connectivity index (χ4v) is 1.39. The van der Waals surface area contributed by atoms with Gasteiger partial charge in [-0.05, 0) is 13.8 Å². The van der Waals surface area contributed by atoms with Crippen molar-refractivity contribution in [3.63, 3.8) is 0 Å². The summed E-state index contributed by atoms with van der Waals surface area (Å²) in [6.45, 7) is 10.1. The van der Waals surface area contributed by atoms with Gasteiger partial charge in [0.05, 0.1) is 6.54 Å². The Morgan fingerprint density at radius 3 is 2.47 bits per heavy atom. The van der Waals surface area contributed by atoms with Crippen LogP contribution in [0.5, 0.6) is 0 Å². The molecular formula is C12H23N3O2. The lowest BCUT2D eigenvalue weighted by atomic mass is 10.3. The average molecular weight is 241 g/mol. The Balaban J connectivity index is 3.65. The lowest BCUT2D eigenvalue weighted by molar-refractivity contribution is -0.130. The van der Waals surface area contributed by atoms with Crippen LogP contribution in [0.15, 0.2) is 12.7 Å². The Morgan fingerprint density at radius 2 is 1.94 bits per heavy atom. The summed E-state index contributed by atoms with van der Waals surface area (Å²) >= 11 is 0. The van der Waals surface area contributed by atoms with Gasteiger partial charge < -0.3 is 15.5 Å². The van der Waals surface area contributed by atoms with Gasteiger partial charge in [0, 0.05) is 32.6 Å². The van der Waals surface area contributed by atoms with E-state index in [4.69, 9.17) is 0 Å². The molecule has 0 atom stereocenters. The number of carbonyl (C=O) groups excluding carboxylic acids is 2. The number of hydrogen-bond donors (Lipinski definition) is 2. The molecule has 0 aromatic carbocycles. The molecule has 0 aliphatic rings. The predicted molar refractivity (Wildman–Crippen MR) is 68.6 cm³/mol. The average Bonchev–Trinajstić information content (AvgIpc) is 2.31. The van der Waals surface area contributed by atoms with Gasteiger partial charge in [-0.2, -0.15) is 0 Å². The van der Waals surface area contributed by atoms with E-state index in [1.807, 2.05) is 13.8 Å². The maximum Gasteiger partial charge on any atom is 0.233 e. The van der Waals surface area contributed by atoms with E-state index >= 15 is 0 Å². The molecule has 0 radical (unpaired) electrons. The van der Waals surface area contributed by atoms with Gasteiger partial charge in [-0.25, -0.2) is 0 Å². The quantitative estimate of drug-likeness (QED) is 0.446. The van der Waals surface area contributed by atoms with E-state index < -0.39 is 0 Å². The smallest absolute Gasteiger partial charge is 0.233 e. The molecule has 0 aromatic heterocycles. The van der Waals surface area contributed by atoms with Crippen molar-refractivity contribution in [2.75, 3.05) is 32.7 Å². The third-order valence-corrected chi connectivity index (χ3v) is 2.35. The minimum Gasteiger partial charge on any atom is -0.354 e. The zero-order valence-electron chi connectivity index (χ0n) is 10.8. The lowest BCUT2D eigenvalue weighted by Crippen LogP contribution is -2.37. The summed E-state index contributed by atoms with van der Waals surface area (Å²) in [5.41, 5.74) is 0. The molecular weight excluding hydrogens is 218 g/mol. The standard InChI is InChI=1S/C12H23N3O2/c1-4-8-13-10-11(16)14-9-7-12(17)15(5-2)6-3/h4,13H,1,5-10H2,2-3H3,(H,14,16). The van der Waals surface area contributed by atoms with Gasteiger partial charge in [0.2, 0.25) is 11.8 Å². The molecule has 0 bridgehead atoms. The summed E-state index contributed by atoms with van der Waals surface area (Å²) in [6, 6.07) is 0. The number of amides is 2. The van der Waals surface area contributed by atoms with Gasteiger partial charge in [-0.15, -0.1) is 6.58 Å². The summed E-state index contributed by atoms with van der Waals surface area (Å²) in [6.07, 6.45) is 2.05. The Kier molecular flexibility index (Phi) is 9.05. The van der Waals surface area contributed by atoms with E-state index in [1.54, 1.807) is 11.0 Å². The second-order valence-electron chi connectivity index (χ2n) is 3.59. The van der Waals surface area contributed by atoms with E-state index in [2.05, 4.69) is 17.2 Å². The summed E-state index contributed by atoms with van der Waals surface area (Å²) in [4.78, 5) is 24.6. The number of hydrogen-bond acceptors (Lipinski definition) is 3. The molecule has 0 aliphatic carbocycles. The summed E-state index contributed by atoms with van der Waals surface area (Å²) in [7, 11) is 0. The van der Waals surface area contributed by atoms with Crippen molar-refractivity contribution in [2.24, 2.45) is 0 Å². The second-order valence-corrected chi connectivity index (χ2v) is 3.59. The number of nitrogens with zero attached hydrogens (tertiary/aromatic N) is 1. The lowest BCUT2D eigenvalue weighted by Gasteiger charge is -2.18. The summed E-state index contributed by atoms with van der Waals surface area (Å²) in [5, 5.41) is 5.58. The van der Waals surface area contributed by atoms with Crippen LogP contribution in [0, 0.1) is 0 Å². The zero-order valence-corrected chi connectivity index (χ0v) is 10.8. The van der Waals surface area contributed by atoms with Crippen LogP contribution >= 0.6 is 0 Å². The van der Waals surface area contributed by atoms with Crippen molar-refractivity contribution in [2.45, 2.75) is 20.3 Å². The molecule has 0 aliphatic heterocycles. The van der Waals surface area contributed by atoms with E-state index in [0.29, 0.717) is 32.6 Å². The van der Waals surface area contributed by atoms with Crippen molar-refractivity contribution in [1.29, 1.82) is 0 Å². The first-order valence-corrected chi connectivity index (χ1v) is 6.01. The fraction of sp³-hybridized carbons (Fsp3) is 0.667. The van der Waals surface area contributed by atoms with Crippen molar-refractivity contribution in [3.05, 3.63) is 12.7 Å². The summed E-state index contributed by atoms with van der Waals surface area (Å²) in [5.74, 6) is -0.0199. The Labute approximate surface area is 103 Å². The Morgan fingerprint density at radius 1 is 1.29 bits per heavy atom. The molecule has 0 saturated carbocycles. The highest BCUT2D eigenvalue weighted by atomic mass is 16.2. The third kappa shape index (κ3) is 7.52. The van der Waals surface area contributed by atoms with Crippen LogP contribution < -0.4 is 10.6 Å². The predicted octanol–water partition coefficient (Wildman–Crippen LogP) is 0.137. The number of carbonyl (C=O) groups is 2. The van der Waals surface area contributed by atoms with Crippen LogP contribution in [0.4, 0.5) is 0 Å². The van der Waals surface area contributed by atoms with E-state index in [0.717, 1.165) is 0 Å². The molecule has 0 saturated heterocycles. The van der Waals surface area contributed by atoms with E-state index in [1.165, 1.54) is 0 Å². The first-order chi connectivity index (χ1) is 8.15. The normalized spacial score (nSPS) is 9.76. The van der Waals surface area contributed by atoms with Crippen LogP contribution in [-0.2, 0) is 9.59 Å². The minimum absolute atomic E-state index is 0.0781. The highest BCUT2D eigenvalue weighted by Crippen LogP contribution is 1.92. The topological polar surface area (TPSA) is 61.4 Å². The molecule has 0 rings (SSSR count). The molecule has 0 fully saturated rings. The van der Waals surface area contributed by atoms with E-state index in [-0.39, 0.29) is 18.4 Å². The Bertz CT molecular complexity index is 250. The van der Waals surface area contributed by atoms with Crippen LogP contribution in [0.25, 0.3) is 0 Å². The molecule has 0 unspecified atom stereocenters. The molecule has 98 valence electrons. The van der Waals surface area contributed by atoms with Gasteiger partial charge >= 0.3 is 0 Å². The first kappa shape index (κ1) is 15.6. The molecule has 5 heteroatoms. The highest BCUT2D eigenvalue weighted by molar-refractivity contribution is 5.80. The largest absolute Gasteiger partial charge is 0.354 e. The van der Waals surface area contributed by atoms with Crippen molar-refractivity contribution in [3.8, 4) is 0 Å². The highest BCUT2D eigenvalue weighted by Gasteiger charge is 2.09. The number of rotatable bonds is 9. The van der Waals surface area contributed by atoms with Crippen LogP contribution in [-0.4, -0.2) is 49.4 Å².